The average molecular weight is 384 g/mol. The molecule has 0 amide bonds. The molecule has 2 aliphatic heterocycles. The summed E-state index contributed by atoms with van der Waals surface area (Å²) in [5, 5.41) is 10.3. The van der Waals surface area contributed by atoms with Crippen molar-refractivity contribution in [1.82, 2.24) is 9.80 Å². The number of piperazine rings is 1. The molecule has 4 rings (SSSR count). The molecule has 2 aromatic rings. The number of rotatable bonds is 8. The largest absolute Gasteiger partial charge is 0.454 e. The highest BCUT2D eigenvalue weighted by Gasteiger charge is 2.20. The van der Waals surface area contributed by atoms with Gasteiger partial charge in [0.05, 0.1) is 19.3 Å². The summed E-state index contributed by atoms with van der Waals surface area (Å²) < 4.78 is 16.5. The fourth-order valence-corrected chi connectivity index (χ4v) is 3.67. The number of hydrogen-bond acceptors (Lipinski definition) is 6. The Morgan fingerprint density at radius 3 is 2.46 bits per heavy atom. The Morgan fingerprint density at radius 1 is 0.893 bits per heavy atom. The van der Waals surface area contributed by atoms with E-state index in [0.29, 0.717) is 26.6 Å². The van der Waals surface area contributed by atoms with E-state index in [9.17, 15) is 5.11 Å². The van der Waals surface area contributed by atoms with Gasteiger partial charge in [0, 0.05) is 39.3 Å². The molecule has 2 heterocycles. The minimum absolute atomic E-state index is 0.314. The van der Waals surface area contributed by atoms with Crippen LogP contribution in [0, 0.1) is 0 Å². The molecule has 6 heteroatoms. The summed E-state index contributed by atoms with van der Waals surface area (Å²) in [7, 11) is 0. The van der Waals surface area contributed by atoms with Gasteiger partial charge in [-0.15, -0.1) is 0 Å². The van der Waals surface area contributed by atoms with E-state index in [0.717, 1.165) is 49.8 Å². The van der Waals surface area contributed by atoms with Crippen LogP contribution in [0.25, 0.3) is 0 Å². The van der Waals surface area contributed by atoms with E-state index in [1.54, 1.807) is 0 Å². The van der Waals surface area contributed by atoms with Crippen LogP contribution >= 0.6 is 0 Å². The summed E-state index contributed by atoms with van der Waals surface area (Å²) in [5.74, 6) is 1.67. The van der Waals surface area contributed by atoms with Crippen molar-refractivity contribution in [2.24, 2.45) is 0 Å². The lowest BCUT2D eigenvalue weighted by Gasteiger charge is -2.35. The van der Waals surface area contributed by atoms with E-state index in [-0.39, 0.29) is 0 Å². The van der Waals surface area contributed by atoms with Crippen molar-refractivity contribution in [2.75, 3.05) is 46.1 Å². The van der Waals surface area contributed by atoms with Crippen LogP contribution in [-0.4, -0.2) is 67.1 Å². The Kier molecular flexibility index (Phi) is 6.44. The number of fused-ring (bicyclic) bond motifs is 1. The number of aliphatic hydroxyl groups excluding tert-OH is 1. The second kappa shape index (κ2) is 9.39. The molecular formula is C22H28N2O4. The van der Waals surface area contributed by atoms with Gasteiger partial charge in [-0.05, 0) is 23.3 Å². The predicted octanol–water partition coefficient (Wildman–Crippen LogP) is 2.11. The van der Waals surface area contributed by atoms with Crippen molar-refractivity contribution < 1.29 is 19.3 Å². The van der Waals surface area contributed by atoms with Crippen molar-refractivity contribution in [2.45, 2.75) is 19.3 Å². The zero-order chi connectivity index (χ0) is 19.2. The number of β-amino-alcohol motifs (C(OH)–C–C–N with tert-alkyl or cyclic N) is 1. The lowest BCUT2D eigenvalue weighted by molar-refractivity contribution is 0.000875. The number of aliphatic hydroxyl groups is 1. The van der Waals surface area contributed by atoms with Crippen molar-refractivity contribution in [3.05, 3.63) is 59.7 Å². The lowest BCUT2D eigenvalue weighted by atomic mass is 10.1. The molecule has 0 bridgehead atoms. The molecule has 0 saturated carbocycles. The topological polar surface area (TPSA) is 54.4 Å². The first-order valence-electron chi connectivity index (χ1n) is 9.89. The van der Waals surface area contributed by atoms with E-state index < -0.39 is 6.10 Å². The minimum atomic E-state index is -0.455. The molecule has 0 spiro atoms. The highest BCUT2D eigenvalue weighted by Crippen LogP contribution is 2.32. The lowest BCUT2D eigenvalue weighted by Crippen LogP contribution is -2.48. The Morgan fingerprint density at radius 2 is 1.64 bits per heavy atom. The Bertz CT molecular complexity index is 747. The Labute approximate surface area is 166 Å². The van der Waals surface area contributed by atoms with Gasteiger partial charge in [-0.3, -0.25) is 9.80 Å². The standard InChI is InChI=1S/C22H28N2O4/c25-20(16-26-15-18-4-2-1-3-5-18)14-24-10-8-23(9-11-24)13-19-6-7-21-22(12-19)28-17-27-21/h1-7,12,20,25H,8-11,13-17H2/t20-/m1/s1. The first-order chi connectivity index (χ1) is 13.8. The van der Waals surface area contributed by atoms with Crippen molar-refractivity contribution >= 4 is 0 Å². The fraction of sp³-hybridized carbons (Fsp3) is 0.455. The minimum Gasteiger partial charge on any atom is -0.454 e. The van der Waals surface area contributed by atoms with E-state index in [1.807, 2.05) is 36.4 Å². The summed E-state index contributed by atoms with van der Waals surface area (Å²) in [6.45, 7) is 6.70. The first kappa shape index (κ1) is 19.2. The summed E-state index contributed by atoms with van der Waals surface area (Å²) >= 11 is 0. The van der Waals surface area contributed by atoms with Crippen molar-refractivity contribution in [1.29, 1.82) is 0 Å². The first-order valence-corrected chi connectivity index (χ1v) is 9.89. The number of hydrogen-bond donors (Lipinski definition) is 1. The van der Waals surface area contributed by atoms with E-state index >= 15 is 0 Å². The third kappa shape index (κ3) is 5.23. The molecule has 0 unspecified atom stereocenters. The quantitative estimate of drug-likeness (QED) is 0.752. The van der Waals surface area contributed by atoms with Gasteiger partial charge in [0.2, 0.25) is 6.79 Å². The SMILES string of the molecule is O[C@@H](COCc1ccccc1)CN1CCN(Cc2ccc3c(c2)OCO3)CC1. The van der Waals surface area contributed by atoms with Crippen molar-refractivity contribution in [3.63, 3.8) is 0 Å². The summed E-state index contributed by atoms with van der Waals surface area (Å²) in [4.78, 5) is 4.75. The van der Waals surface area contributed by atoms with Crippen LogP contribution in [0.1, 0.15) is 11.1 Å². The average Bonchev–Trinajstić information content (AvgIpc) is 3.18. The van der Waals surface area contributed by atoms with Gasteiger partial charge in [0.25, 0.3) is 0 Å². The molecule has 28 heavy (non-hydrogen) atoms. The van der Waals surface area contributed by atoms with Gasteiger partial charge in [0.1, 0.15) is 0 Å². The van der Waals surface area contributed by atoms with Crippen LogP contribution in [0.2, 0.25) is 0 Å². The van der Waals surface area contributed by atoms with Gasteiger partial charge in [-0.25, -0.2) is 0 Å². The van der Waals surface area contributed by atoms with Crippen LogP contribution in [0.15, 0.2) is 48.5 Å². The zero-order valence-electron chi connectivity index (χ0n) is 16.1. The summed E-state index contributed by atoms with van der Waals surface area (Å²) in [6.07, 6.45) is -0.455. The third-order valence-corrected chi connectivity index (χ3v) is 5.20. The molecule has 150 valence electrons. The fourth-order valence-electron chi connectivity index (χ4n) is 3.67. The number of ether oxygens (including phenoxy) is 3. The molecule has 0 radical (unpaired) electrons. The number of nitrogens with zero attached hydrogens (tertiary/aromatic N) is 2. The maximum absolute atomic E-state index is 10.3. The second-order valence-corrected chi connectivity index (χ2v) is 7.42. The second-order valence-electron chi connectivity index (χ2n) is 7.42. The molecule has 0 aromatic heterocycles. The van der Waals surface area contributed by atoms with Crippen LogP contribution < -0.4 is 9.47 Å². The van der Waals surface area contributed by atoms with Crippen LogP contribution in [-0.2, 0) is 17.9 Å². The number of benzene rings is 2. The van der Waals surface area contributed by atoms with E-state index in [4.69, 9.17) is 14.2 Å². The highest BCUT2D eigenvalue weighted by atomic mass is 16.7. The molecule has 1 atom stereocenters. The highest BCUT2D eigenvalue weighted by molar-refractivity contribution is 5.44. The van der Waals surface area contributed by atoms with Gasteiger partial charge in [-0.1, -0.05) is 36.4 Å². The van der Waals surface area contributed by atoms with Gasteiger partial charge < -0.3 is 19.3 Å². The maximum atomic E-state index is 10.3. The zero-order valence-corrected chi connectivity index (χ0v) is 16.1. The molecule has 2 aromatic carbocycles. The molecule has 1 fully saturated rings. The molecule has 2 aliphatic rings. The molecule has 6 nitrogen and oxygen atoms in total. The van der Waals surface area contributed by atoms with Crippen LogP contribution in [0.4, 0.5) is 0 Å². The smallest absolute Gasteiger partial charge is 0.231 e. The molecule has 1 N–H and O–H groups in total. The van der Waals surface area contributed by atoms with Crippen LogP contribution in [0.3, 0.4) is 0 Å². The summed E-state index contributed by atoms with van der Waals surface area (Å²) in [6, 6.07) is 16.2. The third-order valence-electron chi connectivity index (χ3n) is 5.20. The Balaban J connectivity index is 1.15. The monoisotopic (exact) mass is 384 g/mol. The van der Waals surface area contributed by atoms with Gasteiger partial charge >= 0.3 is 0 Å². The summed E-state index contributed by atoms with van der Waals surface area (Å²) in [5.41, 5.74) is 2.37. The normalized spacial score (nSPS) is 18.3. The molecular weight excluding hydrogens is 356 g/mol. The van der Waals surface area contributed by atoms with Crippen molar-refractivity contribution in [3.8, 4) is 11.5 Å². The van der Waals surface area contributed by atoms with E-state index in [2.05, 4.69) is 21.9 Å². The molecule has 1 saturated heterocycles. The van der Waals surface area contributed by atoms with E-state index in [1.165, 1.54) is 5.56 Å². The van der Waals surface area contributed by atoms with Gasteiger partial charge in [0.15, 0.2) is 11.5 Å². The maximum Gasteiger partial charge on any atom is 0.231 e. The van der Waals surface area contributed by atoms with Crippen LogP contribution in [0.5, 0.6) is 11.5 Å². The van der Waals surface area contributed by atoms with Gasteiger partial charge in [-0.2, -0.15) is 0 Å². The predicted molar refractivity (Wildman–Crippen MR) is 106 cm³/mol. The Hall–Kier alpha value is -2.12. The molecule has 0 aliphatic carbocycles.